The number of para-hydroxylation sites is 2. The maximum Gasteiger partial charge on any atom is 0.270 e. The third-order valence-corrected chi connectivity index (χ3v) is 2.85. The van der Waals surface area contributed by atoms with E-state index >= 15 is 0 Å². The number of nitrogens with one attached hydrogen (secondary N) is 1. The zero-order chi connectivity index (χ0) is 12.4. The molecule has 17 heavy (non-hydrogen) atoms. The Labute approximate surface area is 98.7 Å². The first-order chi connectivity index (χ1) is 8.13. The van der Waals surface area contributed by atoms with E-state index in [0.29, 0.717) is 23.1 Å². The molecule has 1 aromatic carbocycles. The molecule has 0 saturated carbocycles. The second-order valence-electron chi connectivity index (χ2n) is 4.04. The Morgan fingerprint density at radius 3 is 2.76 bits per heavy atom. The molecular weight excluding hydrogens is 216 g/mol. The molecule has 0 aliphatic carbocycles. The number of ketones is 1. The van der Waals surface area contributed by atoms with Gasteiger partial charge in [-0.2, -0.15) is 0 Å². The molecule has 4 nitrogen and oxygen atoms in total. The van der Waals surface area contributed by atoms with E-state index in [0.717, 1.165) is 0 Å². The van der Waals surface area contributed by atoms with Crippen LogP contribution < -0.4 is 5.56 Å². The molecule has 0 bridgehead atoms. The summed E-state index contributed by atoms with van der Waals surface area (Å²) in [5, 5.41) is 0. The van der Waals surface area contributed by atoms with E-state index in [4.69, 9.17) is 0 Å². The Kier molecular flexibility index (Phi) is 3.04. The predicted octanol–water partition coefficient (Wildman–Crippen LogP) is 2.01. The third-order valence-electron chi connectivity index (χ3n) is 2.85. The largest absolute Gasteiger partial charge is 0.319 e. The smallest absolute Gasteiger partial charge is 0.270 e. The lowest BCUT2D eigenvalue weighted by atomic mass is 9.98. The van der Waals surface area contributed by atoms with Crippen LogP contribution in [0.4, 0.5) is 0 Å². The second-order valence-corrected chi connectivity index (χ2v) is 4.04. The van der Waals surface area contributed by atoms with Crippen LogP contribution in [0, 0.1) is 0 Å². The number of rotatable bonds is 3. The van der Waals surface area contributed by atoms with E-state index in [-0.39, 0.29) is 11.3 Å². The standard InChI is InChI=1S/C13H14N2O2/c1-3-9(8(2)16)12-13(17)15-11-7-5-4-6-10(11)14-12/h4-7,9H,3H2,1-2H3,(H,15,17). The first kappa shape index (κ1) is 11.5. The van der Waals surface area contributed by atoms with Gasteiger partial charge in [-0.25, -0.2) is 4.98 Å². The van der Waals surface area contributed by atoms with Crippen molar-refractivity contribution < 1.29 is 4.79 Å². The topological polar surface area (TPSA) is 62.8 Å². The lowest BCUT2D eigenvalue weighted by Gasteiger charge is -2.10. The Morgan fingerprint density at radius 2 is 2.12 bits per heavy atom. The van der Waals surface area contributed by atoms with Gasteiger partial charge in [-0.05, 0) is 25.5 Å². The third kappa shape index (κ3) is 2.11. The normalized spacial score (nSPS) is 12.6. The number of H-pyrrole nitrogens is 1. The molecule has 2 rings (SSSR count). The Bertz CT molecular complexity index is 616. The molecule has 1 heterocycles. The summed E-state index contributed by atoms with van der Waals surface area (Å²) in [5.74, 6) is -0.441. The van der Waals surface area contributed by atoms with E-state index in [2.05, 4.69) is 9.97 Å². The van der Waals surface area contributed by atoms with Gasteiger partial charge in [0.1, 0.15) is 11.5 Å². The fraction of sp³-hybridized carbons (Fsp3) is 0.308. The van der Waals surface area contributed by atoms with Crippen molar-refractivity contribution in [2.75, 3.05) is 0 Å². The van der Waals surface area contributed by atoms with Gasteiger partial charge in [-0.15, -0.1) is 0 Å². The molecule has 88 valence electrons. The molecule has 1 atom stereocenters. The second kappa shape index (κ2) is 4.49. The zero-order valence-electron chi connectivity index (χ0n) is 9.86. The van der Waals surface area contributed by atoms with Crippen molar-refractivity contribution in [2.45, 2.75) is 26.2 Å². The van der Waals surface area contributed by atoms with Crippen LogP contribution in [0.5, 0.6) is 0 Å². The Hall–Kier alpha value is -1.97. The molecule has 1 aromatic heterocycles. The maximum atomic E-state index is 11.9. The lowest BCUT2D eigenvalue weighted by Crippen LogP contribution is -2.22. The van der Waals surface area contributed by atoms with Crippen LogP contribution in [0.2, 0.25) is 0 Å². The van der Waals surface area contributed by atoms with Crippen molar-refractivity contribution >= 4 is 16.8 Å². The van der Waals surface area contributed by atoms with Crippen molar-refractivity contribution in [1.29, 1.82) is 0 Å². The molecule has 0 radical (unpaired) electrons. The molecule has 0 aliphatic heterocycles. The minimum atomic E-state index is -0.414. The van der Waals surface area contributed by atoms with E-state index in [9.17, 15) is 9.59 Å². The number of aromatic amines is 1. The number of Topliss-reactive ketones (excluding diaryl/α,β-unsaturated/α-hetero) is 1. The average molecular weight is 230 g/mol. The first-order valence-corrected chi connectivity index (χ1v) is 5.63. The molecular formula is C13H14N2O2. The number of nitrogens with zero attached hydrogens (tertiary/aromatic N) is 1. The molecule has 0 saturated heterocycles. The van der Waals surface area contributed by atoms with Crippen LogP contribution in [0.1, 0.15) is 31.9 Å². The number of benzene rings is 1. The van der Waals surface area contributed by atoms with E-state index in [1.807, 2.05) is 25.1 Å². The van der Waals surface area contributed by atoms with Gasteiger partial charge < -0.3 is 4.98 Å². The zero-order valence-corrected chi connectivity index (χ0v) is 9.86. The SMILES string of the molecule is CCC(C(C)=O)c1nc2ccccc2[nH]c1=O. The molecule has 4 heteroatoms. The summed E-state index contributed by atoms with van der Waals surface area (Å²) in [4.78, 5) is 30.4. The summed E-state index contributed by atoms with van der Waals surface area (Å²) in [5.41, 5.74) is 1.45. The van der Waals surface area contributed by atoms with Gasteiger partial charge in [0.2, 0.25) is 0 Å². The first-order valence-electron chi connectivity index (χ1n) is 5.63. The van der Waals surface area contributed by atoms with Gasteiger partial charge in [0.15, 0.2) is 0 Å². The summed E-state index contributed by atoms with van der Waals surface area (Å²) in [6, 6.07) is 7.30. The highest BCUT2D eigenvalue weighted by molar-refractivity contribution is 5.83. The van der Waals surface area contributed by atoms with Crippen LogP contribution in [0.15, 0.2) is 29.1 Å². The average Bonchev–Trinajstić information content (AvgIpc) is 2.30. The van der Waals surface area contributed by atoms with E-state index < -0.39 is 5.92 Å². The van der Waals surface area contributed by atoms with Gasteiger partial charge in [0.25, 0.3) is 5.56 Å². The summed E-state index contributed by atoms with van der Waals surface area (Å²) in [7, 11) is 0. The Balaban J connectivity index is 2.65. The molecule has 0 spiro atoms. The fourth-order valence-electron chi connectivity index (χ4n) is 1.95. The minimum absolute atomic E-state index is 0.0271. The number of fused-ring (bicyclic) bond motifs is 1. The Morgan fingerprint density at radius 1 is 1.41 bits per heavy atom. The monoisotopic (exact) mass is 230 g/mol. The van der Waals surface area contributed by atoms with Gasteiger partial charge >= 0.3 is 0 Å². The summed E-state index contributed by atoms with van der Waals surface area (Å²) < 4.78 is 0. The van der Waals surface area contributed by atoms with Crippen LogP contribution in [-0.2, 0) is 4.79 Å². The maximum absolute atomic E-state index is 11.9. The van der Waals surface area contributed by atoms with Crippen LogP contribution >= 0.6 is 0 Å². The highest BCUT2D eigenvalue weighted by atomic mass is 16.1. The number of carbonyl (C=O) groups excluding carboxylic acids is 1. The molecule has 1 unspecified atom stereocenters. The summed E-state index contributed by atoms with van der Waals surface area (Å²) in [6.07, 6.45) is 0.587. The van der Waals surface area contributed by atoms with Gasteiger partial charge in [-0.1, -0.05) is 19.1 Å². The number of aromatic nitrogens is 2. The van der Waals surface area contributed by atoms with E-state index in [1.165, 1.54) is 6.92 Å². The molecule has 2 aromatic rings. The number of hydrogen-bond acceptors (Lipinski definition) is 3. The van der Waals surface area contributed by atoms with Gasteiger partial charge in [0, 0.05) is 0 Å². The number of carbonyl (C=O) groups is 1. The molecule has 0 amide bonds. The molecule has 0 aliphatic rings. The fourth-order valence-corrected chi connectivity index (χ4v) is 1.95. The van der Waals surface area contributed by atoms with Crippen molar-refractivity contribution in [3.8, 4) is 0 Å². The predicted molar refractivity (Wildman–Crippen MR) is 66.1 cm³/mol. The minimum Gasteiger partial charge on any atom is -0.319 e. The molecule has 1 N–H and O–H groups in total. The summed E-state index contributed by atoms with van der Waals surface area (Å²) >= 11 is 0. The van der Waals surface area contributed by atoms with Gasteiger partial charge in [-0.3, -0.25) is 9.59 Å². The van der Waals surface area contributed by atoms with Crippen LogP contribution in [0.25, 0.3) is 11.0 Å². The summed E-state index contributed by atoms with van der Waals surface area (Å²) in [6.45, 7) is 3.37. The van der Waals surface area contributed by atoms with Crippen molar-refractivity contribution in [2.24, 2.45) is 0 Å². The van der Waals surface area contributed by atoms with Crippen molar-refractivity contribution in [3.05, 3.63) is 40.3 Å². The molecule has 0 fully saturated rings. The number of hydrogen-bond donors (Lipinski definition) is 1. The van der Waals surface area contributed by atoms with Crippen LogP contribution in [-0.4, -0.2) is 15.8 Å². The lowest BCUT2D eigenvalue weighted by molar-refractivity contribution is -0.118. The highest BCUT2D eigenvalue weighted by Crippen LogP contribution is 2.17. The van der Waals surface area contributed by atoms with E-state index in [1.54, 1.807) is 6.07 Å². The van der Waals surface area contributed by atoms with Crippen molar-refractivity contribution in [1.82, 2.24) is 9.97 Å². The van der Waals surface area contributed by atoms with Gasteiger partial charge in [0.05, 0.1) is 17.0 Å². The van der Waals surface area contributed by atoms with Crippen molar-refractivity contribution in [3.63, 3.8) is 0 Å². The van der Waals surface area contributed by atoms with Crippen LogP contribution in [0.3, 0.4) is 0 Å². The quantitative estimate of drug-likeness (QED) is 0.877. The highest BCUT2D eigenvalue weighted by Gasteiger charge is 2.19.